The van der Waals surface area contributed by atoms with Crippen LogP contribution in [-0.4, -0.2) is 41.5 Å². The molecule has 0 aliphatic heterocycles. The van der Waals surface area contributed by atoms with Gasteiger partial charge >= 0.3 is 5.97 Å². The number of aryl methyl sites for hydroxylation is 1. The number of carbonyl (C=O) groups is 2. The summed E-state index contributed by atoms with van der Waals surface area (Å²) in [6.07, 6.45) is 2.72. The molecule has 1 fully saturated rings. The molecule has 0 atom stereocenters. The highest BCUT2D eigenvalue weighted by molar-refractivity contribution is 7.18. The van der Waals surface area contributed by atoms with E-state index in [0.717, 1.165) is 39.4 Å². The van der Waals surface area contributed by atoms with Crippen molar-refractivity contribution in [3.05, 3.63) is 59.1 Å². The molecular formula is C23H24N2O4S. The molecule has 1 aliphatic rings. The normalized spacial score (nSPS) is 13.2. The standard InChI is InChI=1S/C23H24N2O4S/c1-28-18-10-6-16(7-11-18)14-25(17-8-9-17)22(26)15-29-23(27)13-12-21-24-19-4-2-3-5-20(19)30-21/h2-7,10-11,17H,8-9,12-15H2,1H3. The Hall–Kier alpha value is -2.93. The van der Waals surface area contributed by atoms with Gasteiger partial charge in [-0.05, 0) is 42.7 Å². The second-order valence-corrected chi connectivity index (χ2v) is 8.45. The van der Waals surface area contributed by atoms with Crippen molar-refractivity contribution in [3.63, 3.8) is 0 Å². The molecule has 1 aliphatic carbocycles. The molecule has 1 heterocycles. The number of rotatable bonds is 9. The molecule has 0 spiro atoms. The van der Waals surface area contributed by atoms with Gasteiger partial charge in [0.2, 0.25) is 0 Å². The van der Waals surface area contributed by atoms with Gasteiger partial charge in [0.15, 0.2) is 6.61 Å². The van der Waals surface area contributed by atoms with Crippen LogP contribution in [0.2, 0.25) is 0 Å². The van der Waals surface area contributed by atoms with Crippen LogP contribution in [0.1, 0.15) is 29.8 Å². The maximum Gasteiger partial charge on any atom is 0.306 e. The lowest BCUT2D eigenvalue weighted by atomic mass is 10.2. The van der Waals surface area contributed by atoms with Gasteiger partial charge in [0.1, 0.15) is 5.75 Å². The molecule has 156 valence electrons. The Bertz CT molecular complexity index is 994. The molecule has 0 unspecified atom stereocenters. The molecule has 7 heteroatoms. The Labute approximate surface area is 179 Å². The fourth-order valence-electron chi connectivity index (χ4n) is 3.27. The zero-order valence-electron chi connectivity index (χ0n) is 16.9. The van der Waals surface area contributed by atoms with Gasteiger partial charge in [0.05, 0.1) is 28.8 Å². The van der Waals surface area contributed by atoms with Crippen molar-refractivity contribution in [1.29, 1.82) is 0 Å². The van der Waals surface area contributed by atoms with E-state index in [-0.39, 0.29) is 30.9 Å². The summed E-state index contributed by atoms with van der Waals surface area (Å²) in [7, 11) is 1.63. The maximum atomic E-state index is 12.7. The Morgan fingerprint density at radius 2 is 1.90 bits per heavy atom. The molecule has 1 aromatic heterocycles. The largest absolute Gasteiger partial charge is 0.497 e. The van der Waals surface area contributed by atoms with Crippen LogP contribution in [0.5, 0.6) is 5.75 Å². The van der Waals surface area contributed by atoms with Gasteiger partial charge in [-0.3, -0.25) is 9.59 Å². The molecule has 0 N–H and O–H groups in total. The summed E-state index contributed by atoms with van der Waals surface area (Å²) < 4.78 is 11.5. The van der Waals surface area contributed by atoms with E-state index in [2.05, 4.69) is 4.98 Å². The summed E-state index contributed by atoms with van der Waals surface area (Å²) in [6.45, 7) is 0.294. The molecule has 3 aromatic rings. The van der Waals surface area contributed by atoms with Gasteiger partial charge in [0, 0.05) is 19.0 Å². The van der Waals surface area contributed by atoms with Crippen molar-refractivity contribution in [2.75, 3.05) is 13.7 Å². The van der Waals surface area contributed by atoms with Crippen LogP contribution >= 0.6 is 11.3 Å². The van der Waals surface area contributed by atoms with Crippen molar-refractivity contribution < 1.29 is 19.1 Å². The fraction of sp³-hybridized carbons (Fsp3) is 0.348. The third kappa shape index (κ3) is 5.16. The summed E-state index contributed by atoms with van der Waals surface area (Å²) >= 11 is 1.58. The zero-order valence-corrected chi connectivity index (χ0v) is 17.7. The number of thiazole rings is 1. The molecule has 6 nitrogen and oxygen atoms in total. The first-order chi connectivity index (χ1) is 14.6. The summed E-state index contributed by atoms with van der Waals surface area (Å²) in [5.41, 5.74) is 1.97. The van der Waals surface area contributed by atoms with Crippen molar-refractivity contribution >= 4 is 33.4 Å². The lowest BCUT2D eigenvalue weighted by molar-refractivity contribution is -0.152. The van der Waals surface area contributed by atoms with Crippen LogP contribution in [0.3, 0.4) is 0 Å². The molecule has 0 bridgehead atoms. The van der Waals surface area contributed by atoms with E-state index in [9.17, 15) is 9.59 Å². The molecule has 4 rings (SSSR count). The molecule has 0 saturated heterocycles. The van der Waals surface area contributed by atoms with Crippen molar-refractivity contribution in [1.82, 2.24) is 9.88 Å². The number of methoxy groups -OCH3 is 1. The molecule has 30 heavy (non-hydrogen) atoms. The maximum absolute atomic E-state index is 12.7. The van der Waals surface area contributed by atoms with Crippen LogP contribution < -0.4 is 4.74 Å². The van der Waals surface area contributed by atoms with Crippen LogP contribution in [0.4, 0.5) is 0 Å². The van der Waals surface area contributed by atoms with Gasteiger partial charge in [-0.1, -0.05) is 24.3 Å². The number of carbonyl (C=O) groups excluding carboxylic acids is 2. The number of hydrogen-bond acceptors (Lipinski definition) is 6. The zero-order chi connectivity index (χ0) is 20.9. The summed E-state index contributed by atoms with van der Waals surface area (Å²) in [5, 5.41) is 0.901. The van der Waals surface area contributed by atoms with Gasteiger partial charge < -0.3 is 14.4 Å². The van der Waals surface area contributed by atoms with Crippen molar-refractivity contribution in [2.45, 2.75) is 38.3 Å². The Morgan fingerprint density at radius 1 is 1.13 bits per heavy atom. The number of hydrogen-bond donors (Lipinski definition) is 0. The lowest BCUT2D eigenvalue weighted by Gasteiger charge is -2.22. The quantitative estimate of drug-likeness (QED) is 0.486. The molecular weight excluding hydrogens is 400 g/mol. The Morgan fingerprint density at radius 3 is 2.60 bits per heavy atom. The van der Waals surface area contributed by atoms with Crippen molar-refractivity contribution in [2.24, 2.45) is 0 Å². The molecule has 0 radical (unpaired) electrons. The first kappa shape index (κ1) is 20.3. The number of ether oxygens (including phenoxy) is 2. The van der Waals surface area contributed by atoms with E-state index in [1.165, 1.54) is 0 Å². The Balaban J connectivity index is 1.26. The second kappa shape index (κ2) is 9.26. The third-order valence-electron chi connectivity index (χ3n) is 5.06. The number of amides is 1. The van der Waals surface area contributed by atoms with E-state index in [0.29, 0.717) is 13.0 Å². The van der Waals surface area contributed by atoms with E-state index >= 15 is 0 Å². The van der Waals surface area contributed by atoms with Crippen LogP contribution in [-0.2, 0) is 27.3 Å². The minimum absolute atomic E-state index is 0.151. The van der Waals surface area contributed by atoms with Gasteiger partial charge in [-0.15, -0.1) is 11.3 Å². The van der Waals surface area contributed by atoms with Gasteiger partial charge in [0.25, 0.3) is 5.91 Å². The van der Waals surface area contributed by atoms with E-state index < -0.39 is 0 Å². The van der Waals surface area contributed by atoms with Gasteiger partial charge in [-0.2, -0.15) is 0 Å². The first-order valence-corrected chi connectivity index (χ1v) is 10.9. The first-order valence-electron chi connectivity index (χ1n) is 10.0. The minimum Gasteiger partial charge on any atom is -0.497 e. The predicted octanol–water partition coefficient (Wildman–Crippen LogP) is 3.97. The van der Waals surface area contributed by atoms with Crippen LogP contribution in [0.15, 0.2) is 48.5 Å². The number of esters is 1. The molecule has 2 aromatic carbocycles. The molecule has 1 saturated carbocycles. The number of nitrogens with zero attached hydrogens (tertiary/aromatic N) is 2. The number of benzene rings is 2. The highest BCUT2D eigenvalue weighted by atomic mass is 32.1. The van der Waals surface area contributed by atoms with Crippen molar-refractivity contribution in [3.8, 4) is 5.75 Å². The van der Waals surface area contributed by atoms with E-state index in [1.54, 1.807) is 18.4 Å². The Kier molecular flexibility index (Phi) is 6.28. The van der Waals surface area contributed by atoms with Crippen LogP contribution in [0, 0.1) is 0 Å². The summed E-state index contributed by atoms with van der Waals surface area (Å²) in [6, 6.07) is 15.8. The van der Waals surface area contributed by atoms with Gasteiger partial charge in [-0.25, -0.2) is 4.98 Å². The minimum atomic E-state index is -0.372. The van der Waals surface area contributed by atoms with Crippen LogP contribution in [0.25, 0.3) is 10.2 Å². The second-order valence-electron chi connectivity index (χ2n) is 7.34. The monoisotopic (exact) mass is 424 g/mol. The van der Waals surface area contributed by atoms with E-state index in [1.807, 2.05) is 53.4 Å². The van der Waals surface area contributed by atoms with E-state index in [4.69, 9.17) is 9.47 Å². The average molecular weight is 425 g/mol. The SMILES string of the molecule is COc1ccc(CN(C(=O)COC(=O)CCc2nc3ccccc3s2)C2CC2)cc1. The smallest absolute Gasteiger partial charge is 0.306 e. The summed E-state index contributed by atoms with van der Waals surface area (Å²) in [5.74, 6) is 0.259. The highest BCUT2D eigenvalue weighted by Crippen LogP contribution is 2.29. The topological polar surface area (TPSA) is 68.7 Å². The number of para-hydroxylation sites is 1. The number of fused-ring (bicyclic) bond motifs is 1. The number of aromatic nitrogens is 1. The predicted molar refractivity (Wildman–Crippen MR) is 115 cm³/mol. The molecule has 1 amide bonds. The highest BCUT2D eigenvalue weighted by Gasteiger charge is 2.32. The lowest BCUT2D eigenvalue weighted by Crippen LogP contribution is -2.36. The fourth-order valence-corrected chi connectivity index (χ4v) is 4.23. The third-order valence-corrected chi connectivity index (χ3v) is 6.15. The average Bonchev–Trinajstić information content (AvgIpc) is 3.53. The summed E-state index contributed by atoms with van der Waals surface area (Å²) in [4.78, 5) is 31.1.